The number of rotatable bonds is 7. The summed E-state index contributed by atoms with van der Waals surface area (Å²) in [6.07, 6.45) is 2.11. The Hall–Kier alpha value is -1.18. The fraction of sp³-hybridized carbons (Fsp3) is 0.615. The van der Waals surface area contributed by atoms with Gasteiger partial charge in [0.05, 0.1) is 4.90 Å². The fourth-order valence-electron chi connectivity index (χ4n) is 1.87. The topological polar surface area (TPSA) is 82.3 Å². The van der Waals surface area contributed by atoms with E-state index in [1.165, 1.54) is 18.3 Å². The van der Waals surface area contributed by atoms with Crippen LogP contribution in [0.1, 0.15) is 20.3 Å². The van der Waals surface area contributed by atoms with Crippen molar-refractivity contribution in [2.45, 2.75) is 31.2 Å². The number of nitrogens with zero attached hydrogens (tertiary/aromatic N) is 1. The van der Waals surface area contributed by atoms with Gasteiger partial charge in [0, 0.05) is 24.8 Å². The number of sulfonamides is 1. The van der Waals surface area contributed by atoms with Crippen LogP contribution in [0.15, 0.2) is 28.0 Å². The van der Waals surface area contributed by atoms with E-state index in [2.05, 4.69) is 23.6 Å². The summed E-state index contributed by atoms with van der Waals surface area (Å²) >= 11 is 0. The Kier molecular flexibility index (Phi) is 5.91. The Morgan fingerprint density at radius 1 is 1.30 bits per heavy atom. The van der Waals surface area contributed by atoms with Crippen molar-refractivity contribution in [3.63, 3.8) is 0 Å². The molecule has 1 rings (SSSR count). The van der Waals surface area contributed by atoms with Crippen LogP contribution in [0.2, 0.25) is 0 Å². The second-order valence-electron chi connectivity index (χ2n) is 5.49. The van der Waals surface area contributed by atoms with Gasteiger partial charge in [0.2, 0.25) is 15.6 Å². The Morgan fingerprint density at radius 3 is 2.40 bits per heavy atom. The summed E-state index contributed by atoms with van der Waals surface area (Å²) in [5.41, 5.74) is -0.324. The van der Waals surface area contributed by atoms with Crippen LogP contribution in [0.25, 0.3) is 0 Å². The zero-order valence-corrected chi connectivity index (χ0v) is 13.2. The lowest BCUT2D eigenvalue weighted by Gasteiger charge is -2.26. The molecule has 0 aliphatic carbocycles. The van der Waals surface area contributed by atoms with Crippen molar-refractivity contribution in [3.05, 3.63) is 28.7 Å². The lowest BCUT2D eigenvalue weighted by atomic mass is 10.0. The lowest BCUT2D eigenvalue weighted by Crippen LogP contribution is -2.41. The largest absolute Gasteiger partial charge is 0.328 e. The van der Waals surface area contributed by atoms with E-state index in [0.717, 1.165) is 6.42 Å². The summed E-state index contributed by atoms with van der Waals surface area (Å²) in [5, 5.41) is 0. The molecule has 1 heterocycles. The van der Waals surface area contributed by atoms with Crippen molar-refractivity contribution >= 4 is 10.0 Å². The highest BCUT2D eigenvalue weighted by atomic mass is 32.2. The first kappa shape index (κ1) is 16.9. The molecule has 20 heavy (non-hydrogen) atoms. The minimum absolute atomic E-state index is 0.0687. The predicted octanol–water partition coefficient (Wildman–Crippen LogP) is 0.630. The van der Waals surface area contributed by atoms with E-state index in [9.17, 15) is 13.2 Å². The standard InChI is InChI=1S/C13H23N3O3S/c1-10(2)7-11(16(3)4)8-15-20(18,19)12-5-6-13(17)14-9-12/h5-6,9-11,15H,7-8H2,1-4H3,(H,14,17). The molecule has 6 nitrogen and oxygen atoms in total. The highest BCUT2D eigenvalue weighted by Gasteiger charge is 2.19. The first-order valence-corrected chi connectivity index (χ1v) is 8.05. The summed E-state index contributed by atoms with van der Waals surface area (Å²) < 4.78 is 26.8. The summed E-state index contributed by atoms with van der Waals surface area (Å²) in [7, 11) is 0.276. The van der Waals surface area contributed by atoms with Crippen LogP contribution in [0.3, 0.4) is 0 Å². The van der Waals surface area contributed by atoms with E-state index >= 15 is 0 Å². The van der Waals surface area contributed by atoms with Crippen LogP contribution < -0.4 is 10.3 Å². The van der Waals surface area contributed by atoms with Gasteiger partial charge in [0.25, 0.3) is 0 Å². The van der Waals surface area contributed by atoms with E-state index in [4.69, 9.17) is 0 Å². The third kappa shape index (κ3) is 5.07. The average Bonchev–Trinajstić information content (AvgIpc) is 2.34. The molecular weight excluding hydrogens is 278 g/mol. The Bertz CT molecular complexity index is 558. The molecule has 0 bridgehead atoms. The maximum absolute atomic E-state index is 12.1. The number of aromatic nitrogens is 1. The summed E-state index contributed by atoms with van der Waals surface area (Å²) in [6.45, 7) is 4.55. The molecule has 0 spiro atoms. The number of aromatic amines is 1. The van der Waals surface area contributed by atoms with Crippen molar-refractivity contribution in [2.24, 2.45) is 5.92 Å². The van der Waals surface area contributed by atoms with E-state index in [-0.39, 0.29) is 16.5 Å². The van der Waals surface area contributed by atoms with Gasteiger partial charge in [-0.15, -0.1) is 0 Å². The highest BCUT2D eigenvalue weighted by Crippen LogP contribution is 2.10. The first-order valence-electron chi connectivity index (χ1n) is 6.57. The van der Waals surface area contributed by atoms with Crippen LogP contribution in [0.4, 0.5) is 0 Å². The number of hydrogen-bond acceptors (Lipinski definition) is 4. The number of hydrogen-bond donors (Lipinski definition) is 2. The van der Waals surface area contributed by atoms with Crippen LogP contribution in [-0.4, -0.2) is 45.0 Å². The van der Waals surface area contributed by atoms with Gasteiger partial charge in [-0.1, -0.05) is 13.8 Å². The maximum atomic E-state index is 12.1. The quantitative estimate of drug-likeness (QED) is 0.774. The molecule has 1 aromatic rings. The minimum Gasteiger partial charge on any atom is -0.328 e. The summed E-state index contributed by atoms with van der Waals surface area (Å²) in [5.74, 6) is 0.486. The average molecular weight is 301 g/mol. The Balaban J connectivity index is 2.75. The van der Waals surface area contributed by atoms with Crippen molar-refractivity contribution in [1.29, 1.82) is 0 Å². The van der Waals surface area contributed by atoms with Crippen molar-refractivity contribution in [3.8, 4) is 0 Å². The molecule has 0 saturated carbocycles. The molecule has 0 aromatic carbocycles. The van der Waals surface area contributed by atoms with E-state index in [1.807, 2.05) is 19.0 Å². The van der Waals surface area contributed by atoms with Crippen LogP contribution in [0.5, 0.6) is 0 Å². The first-order chi connectivity index (χ1) is 9.22. The van der Waals surface area contributed by atoms with Gasteiger partial charge in [-0.3, -0.25) is 4.79 Å². The molecule has 1 aromatic heterocycles. The van der Waals surface area contributed by atoms with E-state index in [1.54, 1.807) is 0 Å². The third-order valence-electron chi connectivity index (χ3n) is 3.05. The van der Waals surface area contributed by atoms with Crippen molar-refractivity contribution < 1.29 is 8.42 Å². The maximum Gasteiger partial charge on any atom is 0.247 e. The molecule has 114 valence electrons. The van der Waals surface area contributed by atoms with Gasteiger partial charge in [-0.25, -0.2) is 13.1 Å². The van der Waals surface area contributed by atoms with Crippen molar-refractivity contribution in [1.82, 2.24) is 14.6 Å². The van der Waals surface area contributed by atoms with Crippen LogP contribution in [-0.2, 0) is 10.0 Å². The Labute approximate surface area is 120 Å². The lowest BCUT2D eigenvalue weighted by molar-refractivity contribution is 0.255. The molecular formula is C13H23N3O3S. The van der Waals surface area contributed by atoms with Crippen LogP contribution >= 0.6 is 0 Å². The summed E-state index contributed by atoms with van der Waals surface area (Å²) in [4.78, 5) is 15.4. The van der Waals surface area contributed by atoms with E-state index in [0.29, 0.717) is 12.5 Å². The van der Waals surface area contributed by atoms with Gasteiger partial charge in [-0.2, -0.15) is 0 Å². The van der Waals surface area contributed by atoms with Crippen LogP contribution in [0, 0.1) is 5.92 Å². The smallest absolute Gasteiger partial charge is 0.247 e. The molecule has 1 unspecified atom stereocenters. The van der Waals surface area contributed by atoms with Gasteiger partial charge in [0.1, 0.15) is 0 Å². The molecule has 2 N–H and O–H groups in total. The fourth-order valence-corrected chi connectivity index (χ4v) is 2.91. The van der Waals surface area contributed by atoms with E-state index < -0.39 is 10.0 Å². The molecule has 0 saturated heterocycles. The number of nitrogens with one attached hydrogen (secondary N) is 2. The van der Waals surface area contributed by atoms with Gasteiger partial charge in [-0.05, 0) is 32.5 Å². The zero-order chi connectivity index (χ0) is 15.3. The van der Waals surface area contributed by atoms with Crippen molar-refractivity contribution in [2.75, 3.05) is 20.6 Å². The second-order valence-corrected chi connectivity index (χ2v) is 7.25. The molecule has 0 aliphatic heterocycles. The minimum atomic E-state index is -3.59. The molecule has 7 heteroatoms. The highest BCUT2D eigenvalue weighted by molar-refractivity contribution is 7.89. The molecule has 0 aliphatic rings. The molecule has 0 amide bonds. The number of likely N-dealkylation sites (N-methyl/N-ethyl adjacent to an activating group) is 1. The molecule has 0 radical (unpaired) electrons. The molecule has 1 atom stereocenters. The van der Waals surface area contributed by atoms with Gasteiger partial charge in [0.15, 0.2) is 0 Å². The number of H-pyrrole nitrogens is 1. The zero-order valence-electron chi connectivity index (χ0n) is 12.4. The second kappa shape index (κ2) is 7.01. The van der Waals surface area contributed by atoms with Gasteiger partial charge >= 0.3 is 0 Å². The monoisotopic (exact) mass is 301 g/mol. The normalized spacial score (nSPS) is 13.9. The van der Waals surface area contributed by atoms with Gasteiger partial charge < -0.3 is 9.88 Å². The SMILES string of the molecule is CC(C)CC(CNS(=O)(=O)c1ccc(=O)[nH]c1)N(C)C. The summed E-state index contributed by atoms with van der Waals surface area (Å²) in [6, 6.07) is 2.63. The molecule has 0 fully saturated rings. The Morgan fingerprint density at radius 2 is 1.95 bits per heavy atom. The third-order valence-corrected chi connectivity index (χ3v) is 4.47. The number of pyridine rings is 1. The predicted molar refractivity (Wildman–Crippen MR) is 79.2 cm³/mol.